The number of hydrogen-bond acceptors (Lipinski definition) is 3. The van der Waals surface area contributed by atoms with E-state index in [2.05, 4.69) is 36.9 Å². The van der Waals surface area contributed by atoms with Gasteiger partial charge in [0.05, 0.1) is 0 Å². The highest BCUT2D eigenvalue weighted by molar-refractivity contribution is 8.00. The summed E-state index contributed by atoms with van der Waals surface area (Å²) in [4.78, 5) is 2.46. The summed E-state index contributed by atoms with van der Waals surface area (Å²) in [5.74, 6) is 1.19. The summed E-state index contributed by atoms with van der Waals surface area (Å²) in [5.41, 5.74) is 9.84. The maximum Gasteiger partial charge on any atom is 0.0369 e. The molecule has 2 nitrogen and oxygen atoms in total. The van der Waals surface area contributed by atoms with Gasteiger partial charge in [-0.1, -0.05) is 6.07 Å². The van der Waals surface area contributed by atoms with Gasteiger partial charge in [-0.15, -0.1) is 0 Å². The normalized spacial score (nSPS) is 21.2. The molecule has 16 heavy (non-hydrogen) atoms. The van der Waals surface area contributed by atoms with E-state index in [1.807, 2.05) is 11.8 Å². The standard InChI is InChI=1S/C13H20N2S/c1-10-3-4-12(7-11(10)2)15-5-6-16-13(8-14)9-15/h3-4,7,13H,5-6,8-9,14H2,1-2H3. The molecule has 0 aromatic heterocycles. The third-order valence-electron chi connectivity index (χ3n) is 3.26. The number of rotatable bonds is 2. The van der Waals surface area contributed by atoms with Crippen LogP contribution in [-0.4, -0.2) is 30.6 Å². The molecular weight excluding hydrogens is 216 g/mol. The second kappa shape index (κ2) is 5.11. The van der Waals surface area contributed by atoms with Crippen molar-refractivity contribution >= 4 is 17.4 Å². The average molecular weight is 236 g/mol. The van der Waals surface area contributed by atoms with Crippen LogP contribution in [0.25, 0.3) is 0 Å². The predicted octanol–water partition coefficient (Wildman–Crippen LogP) is 2.18. The molecule has 1 atom stereocenters. The van der Waals surface area contributed by atoms with Crippen LogP contribution in [0.3, 0.4) is 0 Å². The fourth-order valence-corrected chi connectivity index (χ4v) is 3.10. The van der Waals surface area contributed by atoms with Gasteiger partial charge in [0, 0.05) is 36.3 Å². The van der Waals surface area contributed by atoms with Gasteiger partial charge >= 0.3 is 0 Å². The first-order chi connectivity index (χ1) is 7.70. The lowest BCUT2D eigenvalue weighted by atomic mass is 10.1. The molecular formula is C13H20N2S. The van der Waals surface area contributed by atoms with Crippen molar-refractivity contribution in [1.82, 2.24) is 0 Å². The van der Waals surface area contributed by atoms with E-state index in [0.717, 1.165) is 19.6 Å². The van der Waals surface area contributed by atoms with Crippen molar-refractivity contribution < 1.29 is 0 Å². The van der Waals surface area contributed by atoms with Gasteiger partial charge in [0.15, 0.2) is 0 Å². The molecule has 2 N–H and O–H groups in total. The second-order valence-electron chi connectivity index (χ2n) is 4.44. The van der Waals surface area contributed by atoms with E-state index in [1.165, 1.54) is 22.6 Å². The summed E-state index contributed by atoms with van der Waals surface area (Å²) in [6.45, 7) is 7.35. The van der Waals surface area contributed by atoms with Crippen molar-refractivity contribution in [3.8, 4) is 0 Å². The molecule has 1 aliphatic heterocycles. The van der Waals surface area contributed by atoms with E-state index >= 15 is 0 Å². The van der Waals surface area contributed by atoms with E-state index in [9.17, 15) is 0 Å². The molecule has 1 aromatic carbocycles. The van der Waals surface area contributed by atoms with E-state index in [4.69, 9.17) is 5.73 Å². The zero-order valence-electron chi connectivity index (χ0n) is 10.1. The maximum absolute atomic E-state index is 5.75. The Morgan fingerprint density at radius 3 is 2.88 bits per heavy atom. The highest BCUT2D eigenvalue weighted by Crippen LogP contribution is 2.25. The molecule has 3 heteroatoms. The Bertz CT molecular complexity index is 365. The molecule has 0 amide bonds. The number of anilines is 1. The fourth-order valence-electron chi connectivity index (χ4n) is 2.02. The molecule has 0 aliphatic carbocycles. The van der Waals surface area contributed by atoms with Gasteiger partial charge in [-0.2, -0.15) is 11.8 Å². The highest BCUT2D eigenvalue weighted by atomic mass is 32.2. The molecule has 0 spiro atoms. The molecule has 0 bridgehead atoms. The summed E-state index contributed by atoms with van der Waals surface area (Å²) in [5, 5.41) is 0.593. The van der Waals surface area contributed by atoms with Crippen LogP contribution >= 0.6 is 11.8 Å². The Kier molecular flexibility index (Phi) is 3.77. The Morgan fingerprint density at radius 2 is 2.19 bits per heavy atom. The second-order valence-corrected chi connectivity index (χ2v) is 5.85. The Labute approximate surface area is 102 Å². The van der Waals surface area contributed by atoms with E-state index in [0.29, 0.717) is 5.25 Å². The molecule has 0 saturated carbocycles. The third-order valence-corrected chi connectivity index (χ3v) is 4.49. The summed E-state index contributed by atoms with van der Waals surface area (Å²) in [7, 11) is 0. The van der Waals surface area contributed by atoms with Gasteiger partial charge in [-0.05, 0) is 37.1 Å². The van der Waals surface area contributed by atoms with Crippen LogP contribution in [0.2, 0.25) is 0 Å². The molecule has 88 valence electrons. The largest absolute Gasteiger partial charge is 0.370 e. The summed E-state index contributed by atoms with van der Waals surface area (Å²) in [6.07, 6.45) is 0. The lowest BCUT2D eigenvalue weighted by molar-refractivity contribution is 0.748. The number of aryl methyl sites for hydroxylation is 2. The van der Waals surface area contributed by atoms with Crippen LogP contribution in [0.4, 0.5) is 5.69 Å². The van der Waals surface area contributed by atoms with Crippen LogP contribution < -0.4 is 10.6 Å². The molecule has 0 radical (unpaired) electrons. The molecule has 1 aromatic rings. The van der Waals surface area contributed by atoms with E-state index in [1.54, 1.807) is 0 Å². The summed E-state index contributed by atoms with van der Waals surface area (Å²) in [6, 6.07) is 6.73. The average Bonchev–Trinajstić information content (AvgIpc) is 2.33. The fraction of sp³-hybridized carbons (Fsp3) is 0.538. The first-order valence-corrected chi connectivity index (χ1v) is 6.89. The minimum atomic E-state index is 0.593. The van der Waals surface area contributed by atoms with Gasteiger partial charge < -0.3 is 10.6 Å². The highest BCUT2D eigenvalue weighted by Gasteiger charge is 2.19. The molecule has 1 saturated heterocycles. The first kappa shape index (κ1) is 11.8. The number of thioether (sulfide) groups is 1. The number of nitrogens with zero attached hydrogens (tertiary/aromatic N) is 1. The zero-order valence-corrected chi connectivity index (χ0v) is 10.9. The van der Waals surface area contributed by atoms with Gasteiger partial charge in [-0.3, -0.25) is 0 Å². The summed E-state index contributed by atoms with van der Waals surface area (Å²) < 4.78 is 0. The van der Waals surface area contributed by atoms with Crippen molar-refractivity contribution in [1.29, 1.82) is 0 Å². The minimum Gasteiger partial charge on any atom is -0.370 e. The van der Waals surface area contributed by atoms with Crippen molar-refractivity contribution in [2.24, 2.45) is 5.73 Å². The first-order valence-electron chi connectivity index (χ1n) is 5.84. The van der Waals surface area contributed by atoms with Gasteiger partial charge in [0.1, 0.15) is 0 Å². The monoisotopic (exact) mass is 236 g/mol. The van der Waals surface area contributed by atoms with Crippen LogP contribution in [0.5, 0.6) is 0 Å². The molecule has 1 fully saturated rings. The van der Waals surface area contributed by atoms with Crippen LogP contribution in [0.1, 0.15) is 11.1 Å². The lowest BCUT2D eigenvalue weighted by Gasteiger charge is -2.33. The third kappa shape index (κ3) is 2.53. The summed E-state index contributed by atoms with van der Waals surface area (Å²) >= 11 is 2.00. The number of hydrogen-bond donors (Lipinski definition) is 1. The van der Waals surface area contributed by atoms with Crippen molar-refractivity contribution in [2.75, 3.05) is 30.3 Å². The predicted molar refractivity (Wildman–Crippen MR) is 73.4 cm³/mol. The maximum atomic E-state index is 5.75. The van der Waals surface area contributed by atoms with Crippen molar-refractivity contribution in [3.63, 3.8) is 0 Å². The number of benzene rings is 1. The van der Waals surface area contributed by atoms with Crippen molar-refractivity contribution in [3.05, 3.63) is 29.3 Å². The van der Waals surface area contributed by atoms with Crippen LogP contribution in [0.15, 0.2) is 18.2 Å². The SMILES string of the molecule is Cc1ccc(N2CCSC(CN)C2)cc1C. The van der Waals surface area contributed by atoms with Gasteiger partial charge in [0.2, 0.25) is 0 Å². The minimum absolute atomic E-state index is 0.593. The molecule has 1 unspecified atom stereocenters. The van der Waals surface area contributed by atoms with Crippen LogP contribution in [-0.2, 0) is 0 Å². The quantitative estimate of drug-likeness (QED) is 0.853. The van der Waals surface area contributed by atoms with Gasteiger partial charge in [-0.25, -0.2) is 0 Å². The topological polar surface area (TPSA) is 29.3 Å². The number of nitrogens with two attached hydrogens (primary N) is 1. The molecule has 1 aliphatic rings. The smallest absolute Gasteiger partial charge is 0.0369 e. The Hall–Kier alpha value is -0.670. The Morgan fingerprint density at radius 1 is 1.38 bits per heavy atom. The molecule has 1 heterocycles. The van der Waals surface area contributed by atoms with E-state index in [-0.39, 0.29) is 0 Å². The van der Waals surface area contributed by atoms with Crippen molar-refractivity contribution in [2.45, 2.75) is 19.1 Å². The van der Waals surface area contributed by atoms with E-state index < -0.39 is 0 Å². The van der Waals surface area contributed by atoms with Crippen LogP contribution in [0, 0.1) is 13.8 Å². The zero-order chi connectivity index (χ0) is 11.5. The Balaban J connectivity index is 2.13. The lowest BCUT2D eigenvalue weighted by Crippen LogP contribution is -2.41. The van der Waals surface area contributed by atoms with Gasteiger partial charge in [0.25, 0.3) is 0 Å². The molecule has 2 rings (SSSR count).